The lowest BCUT2D eigenvalue weighted by atomic mass is 10.2. The second-order valence-corrected chi connectivity index (χ2v) is 5.04. The van der Waals surface area contributed by atoms with Crippen molar-refractivity contribution in [1.82, 2.24) is 4.90 Å². The van der Waals surface area contributed by atoms with Gasteiger partial charge in [-0.3, -0.25) is 0 Å². The van der Waals surface area contributed by atoms with Gasteiger partial charge in [-0.05, 0) is 38.2 Å². The second-order valence-electron chi connectivity index (χ2n) is 4.77. The zero-order valence-corrected chi connectivity index (χ0v) is 11.0. The number of rotatable bonds is 3. The molecule has 1 fully saturated rings. The van der Waals surface area contributed by atoms with Gasteiger partial charge in [-0.2, -0.15) is 0 Å². The zero-order chi connectivity index (χ0) is 12.4. The summed E-state index contributed by atoms with van der Waals surface area (Å²) >= 11 is 5.69. The maximum Gasteiger partial charge on any atom is 0.146 e. The Morgan fingerprint density at radius 2 is 2.24 bits per heavy atom. The summed E-state index contributed by atoms with van der Waals surface area (Å²) in [5, 5.41) is 0. The molecule has 1 aromatic rings. The number of hydrogen-bond donors (Lipinski definition) is 0. The molecule has 0 N–H and O–H groups in total. The van der Waals surface area contributed by atoms with Crippen molar-refractivity contribution in [3.63, 3.8) is 0 Å². The summed E-state index contributed by atoms with van der Waals surface area (Å²) in [6.45, 7) is 1.81. The normalized spacial score (nSPS) is 20.3. The van der Waals surface area contributed by atoms with Gasteiger partial charge in [0, 0.05) is 25.0 Å². The van der Waals surface area contributed by atoms with Crippen molar-refractivity contribution in [2.75, 3.05) is 32.1 Å². The van der Waals surface area contributed by atoms with E-state index in [1.54, 1.807) is 0 Å². The molecule has 1 heterocycles. The van der Waals surface area contributed by atoms with Gasteiger partial charge in [0.2, 0.25) is 0 Å². The third-order valence-electron chi connectivity index (χ3n) is 3.40. The van der Waals surface area contributed by atoms with Crippen molar-refractivity contribution >= 4 is 17.3 Å². The van der Waals surface area contributed by atoms with Crippen LogP contribution in [0.25, 0.3) is 0 Å². The van der Waals surface area contributed by atoms with E-state index >= 15 is 0 Å². The number of halogens is 2. The summed E-state index contributed by atoms with van der Waals surface area (Å²) in [5.74, 6) is 0.194. The van der Waals surface area contributed by atoms with Gasteiger partial charge in [0.25, 0.3) is 0 Å². The molecule has 1 aromatic carbocycles. The number of anilines is 1. The van der Waals surface area contributed by atoms with E-state index in [0.29, 0.717) is 17.6 Å². The molecule has 0 radical (unpaired) electrons. The van der Waals surface area contributed by atoms with E-state index in [9.17, 15) is 4.39 Å². The fourth-order valence-electron chi connectivity index (χ4n) is 2.27. The van der Waals surface area contributed by atoms with Crippen LogP contribution >= 0.6 is 11.6 Å². The molecule has 94 valence electrons. The van der Waals surface area contributed by atoms with Crippen LogP contribution in [-0.4, -0.2) is 38.1 Å². The molecular formula is C13H18ClFN2. The van der Waals surface area contributed by atoms with Crippen LogP contribution in [0.2, 0.25) is 0 Å². The monoisotopic (exact) mass is 256 g/mol. The topological polar surface area (TPSA) is 6.48 Å². The summed E-state index contributed by atoms with van der Waals surface area (Å²) in [5.41, 5.74) is 1.53. The summed E-state index contributed by atoms with van der Waals surface area (Å²) in [4.78, 5) is 4.31. The highest BCUT2D eigenvalue weighted by Crippen LogP contribution is 2.26. The number of likely N-dealkylation sites (N-methyl/N-ethyl adjacent to an activating group) is 1. The molecule has 0 amide bonds. The fourth-order valence-corrected chi connectivity index (χ4v) is 2.44. The van der Waals surface area contributed by atoms with Gasteiger partial charge < -0.3 is 9.80 Å². The van der Waals surface area contributed by atoms with Gasteiger partial charge in [0.15, 0.2) is 0 Å². The van der Waals surface area contributed by atoms with E-state index < -0.39 is 0 Å². The Labute approximate surface area is 107 Å². The number of hydrogen-bond acceptors (Lipinski definition) is 2. The Hall–Kier alpha value is -0.800. The summed E-state index contributed by atoms with van der Waals surface area (Å²) in [6, 6.07) is 5.78. The third kappa shape index (κ3) is 2.72. The average molecular weight is 257 g/mol. The van der Waals surface area contributed by atoms with Crippen LogP contribution in [-0.2, 0) is 5.88 Å². The molecule has 17 heavy (non-hydrogen) atoms. The molecular weight excluding hydrogens is 239 g/mol. The van der Waals surface area contributed by atoms with Crippen molar-refractivity contribution in [2.24, 2.45) is 0 Å². The van der Waals surface area contributed by atoms with Crippen LogP contribution in [0.15, 0.2) is 18.2 Å². The lowest BCUT2D eigenvalue weighted by Crippen LogP contribution is -2.31. The first-order valence-electron chi connectivity index (χ1n) is 5.87. The molecule has 0 bridgehead atoms. The van der Waals surface area contributed by atoms with Crippen LogP contribution < -0.4 is 4.90 Å². The van der Waals surface area contributed by atoms with Crippen molar-refractivity contribution in [3.05, 3.63) is 29.6 Å². The highest BCUT2D eigenvalue weighted by atomic mass is 35.5. The maximum atomic E-state index is 13.9. The van der Waals surface area contributed by atoms with Gasteiger partial charge >= 0.3 is 0 Å². The first kappa shape index (κ1) is 12.7. The first-order chi connectivity index (χ1) is 8.11. The van der Waals surface area contributed by atoms with E-state index in [2.05, 4.69) is 23.9 Å². The minimum Gasteiger partial charge on any atom is -0.368 e. The van der Waals surface area contributed by atoms with Gasteiger partial charge in [0.1, 0.15) is 5.82 Å². The average Bonchev–Trinajstić information content (AvgIpc) is 2.78. The molecule has 2 nitrogen and oxygen atoms in total. The van der Waals surface area contributed by atoms with Gasteiger partial charge in [-0.1, -0.05) is 6.07 Å². The first-order valence-corrected chi connectivity index (χ1v) is 6.41. The summed E-state index contributed by atoms with van der Waals surface area (Å²) in [6.07, 6.45) is 1.09. The largest absolute Gasteiger partial charge is 0.368 e. The molecule has 1 atom stereocenters. The lowest BCUT2D eigenvalue weighted by Gasteiger charge is -2.22. The van der Waals surface area contributed by atoms with E-state index in [4.69, 9.17) is 11.6 Å². The highest BCUT2D eigenvalue weighted by molar-refractivity contribution is 6.17. The minimum atomic E-state index is -0.164. The lowest BCUT2D eigenvalue weighted by molar-refractivity contribution is 0.315. The van der Waals surface area contributed by atoms with Crippen LogP contribution in [0, 0.1) is 5.82 Å². The van der Waals surface area contributed by atoms with E-state index in [0.717, 1.165) is 25.1 Å². The van der Waals surface area contributed by atoms with E-state index in [-0.39, 0.29) is 5.82 Å². The standard InChI is InChI=1S/C13H18ClFN2/c1-16(2)11-5-6-17(9-11)13-4-3-10(8-14)7-12(13)15/h3-4,7,11H,5-6,8-9H2,1-2H3. The quantitative estimate of drug-likeness (QED) is 0.768. The van der Waals surface area contributed by atoms with Crippen molar-refractivity contribution < 1.29 is 4.39 Å². The molecule has 0 spiro atoms. The van der Waals surface area contributed by atoms with Crippen molar-refractivity contribution in [3.8, 4) is 0 Å². The second kappa shape index (κ2) is 5.23. The van der Waals surface area contributed by atoms with Crippen LogP contribution in [0.1, 0.15) is 12.0 Å². The third-order valence-corrected chi connectivity index (χ3v) is 3.71. The Bertz CT molecular complexity index is 395. The molecule has 1 unspecified atom stereocenters. The van der Waals surface area contributed by atoms with E-state index in [1.165, 1.54) is 6.07 Å². The Morgan fingerprint density at radius 3 is 2.76 bits per heavy atom. The van der Waals surface area contributed by atoms with Gasteiger partial charge in [0.05, 0.1) is 5.69 Å². The predicted molar refractivity (Wildman–Crippen MR) is 70.3 cm³/mol. The highest BCUT2D eigenvalue weighted by Gasteiger charge is 2.25. The zero-order valence-electron chi connectivity index (χ0n) is 10.3. The van der Waals surface area contributed by atoms with Crippen LogP contribution in [0.4, 0.5) is 10.1 Å². The molecule has 2 rings (SSSR count). The molecule has 0 aromatic heterocycles. The maximum absolute atomic E-state index is 13.9. The predicted octanol–water partition coefficient (Wildman–Crippen LogP) is 2.70. The van der Waals surface area contributed by atoms with Crippen molar-refractivity contribution in [2.45, 2.75) is 18.3 Å². The Morgan fingerprint density at radius 1 is 1.47 bits per heavy atom. The van der Waals surface area contributed by atoms with Crippen molar-refractivity contribution in [1.29, 1.82) is 0 Å². The number of nitrogens with zero attached hydrogens (tertiary/aromatic N) is 2. The number of alkyl halides is 1. The summed E-state index contributed by atoms with van der Waals surface area (Å²) < 4.78 is 13.9. The number of benzene rings is 1. The molecule has 1 aliphatic rings. The molecule has 0 aliphatic carbocycles. The Balaban J connectivity index is 2.13. The molecule has 1 aliphatic heterocycles. The fraction of sp³-hybridized carbons (Fsp3) is 0.538. The van der Waals surface area contributed by atoms with Gasteiger partial charge in [-0.15, -0.1) is 11.6 Å². The SMILES string of the molecule is CN(C)C1CCN(c2ccc(CCl)cc2F)C1. The van der Waals surface area contributed by atoms with Crippen LogP contribution in [0.3, 0.4) is 0 Å². The smallest absolute Gasteiger partial charge is 0.146 e. The Kier molecular flexibility index (Phi) is 3.89. The van der Waals surface area contributed by atoms with Crippen LogP contribution in [0.5, 0.6) is 0 Å². The van der Waals surface area contributed by atoms with Gasteiger partial charge in [-0.25, -0.2) is 4.39 Å². The molecule has 4 heteroatoms. The summed E-state index contributed by atoms with van der Waals surface area (Å²) in [7, 11) is 4.14. The van der Waals surface area contributed by atoms with E-state index in [1.807, 2.05) is 12.1 Å². The molecule has 0 saturated carbocycles. The minimum absolute atomic E-state index is 0.164. The molecule has 1 saturated heterocycles.